The van der Waals surface area contributed by atoms with Crippen molar-refractivity contribution in [1.29, 1.82) is 0 Å². The molecular formula is C33H34ClF3N4O5. The SMILES string of the molecule is CC(C)[C@H](CC(=O)[C@@H]1C[C@@H](OCc2ccccc2)CN1C(=O)[C@H](Cc1cccc(Cl)c1)NC(=O)c1cnccn1)C(=O)C(F)(F)F. The molecular weight excluding hydrogens is 625 g/mol. The fraction of sp³-hybridized carbons (Fsp3) is 0.394. The van der Waals surface area contributed by atoms with Crippen LogP contribution in [-0.4, -0.2) is 69.2 Å². The van der Waals surface area contributed by atoms with Gasteiger partial charge in [-0.05, 0) is 29.2 Å². The lowest BCUT2D eigenvalue weighted by molar-refractivity contribution is -0.177. The number of hydrogen-bond acceptors (Lipinski definition) is 7. The lowest BCUT2D eigenvalue weighted by Crippen LogP contribution is -2.53. The zero-order valence-electron chi connectivity index (χ0n) is 25.2. The Morgan fingerprint density at radius 3 is 2.39 bits per heavy atom. The molecule has 0 unspecified atom stereocenters. The number of hydrogen-bond donors (Lipinski definition) is 1. The van der Waals surface area contributed by atoms with Crippen molar-refractivity contribution >= 4 is 35.0 Å². The molecule has 0 aliphatic carbocycles. The Hall–Kier alpha value is -4.16. The number of Topliss-reactive ketones (excluding diaryl/α,β-unsaturated/α-hetero) is 2. The van der Waals surface area contributed by atoms with Gasteiger partial charge in [-0.3, -0.25) is 24.2 Å². The van der Waals surface area contributed by atoms with E-state index in [-0.39, 0.29) is 31.7 Å². The number of halogens is 4. The first kappa shape index (κ1) is 34.7. The lowest BCUT2D eigenvalue weighted by Gasteiger charge is -2.30. The molecule has 2 amide bonds. The van der Waals surface area contributed by atoms with Crippen molar-refractivity contribution in [2.75, 3.05) is 6.54 Å². The second-order valence-corrected chi connectivity index (χ2v) is 11.9. The van der Waals surface area contributed by atoms with E-state index in [4.69, 9.17) is 16.3 Å². The number of aromatic nitrogens is 2. The molecule has 1 saturated heterocycles. The van der Waals surface area contributed by atoms with Crippen LogP contribution in [0.25, 0.3) is 0 Å². The molecule has 3 aromatic rings. The molecule has 1 N–H and O–H groups in total. The van der Waals surface area contributed by atoms with Gasteiger partial charge in [-0.25, -0.2) is 4.98 Å². The van der Waals surface area contributed by atoms with Crippen LogP contribution in [0.5, 0.6) is 0 Å². The molecule has 46 heavy (non-hydrogen) atoms. The highest BCUT2D eigenvalue weighted by Crippen LogP contribution is 2.31. The molecule has 0 bridgehead atoms. The Morgan fingerprint density at radius 1 is 1.04 bits per heavy atom. The van der Waals surface area contributed by atoms with Gasteiger partial charge in [-0.1, -0.05) is 67.9 Å². The summed E-state index contributed by atoms with van der Waals surface area (Å²) in [7, 11) is 0. The topological polar surface area (TPSA) is 119 Å². The molecule has 4 rings (SSSR count). The minimum atomic E-state index is -5.12. The van der Waals surface area contributed by atoms with Crippen LogP contribution in [0.4, 0.5) is 13.2 Å². The fourth-order valence-electron chi connectivity index (χ4n) is 5.40. The Kier molecular flexibility index (Phi) is 11.6. The number of ether oxygens (including phenoxy) is 1. The monoisotopic (exact) mass is 658 g/mol. The molecule has 0 radical (unpaired) electrons. The summed E-state index contributed by atoms with van der Waals surface area (Å²) in [5.74, 6) is -6.42. The van der Waals surface area contributed by atoms with E-state index >= 15 is 0 Å². The van der Waals surface area contributed by atoms with Crippen molar-refractivity contribution in [3.05, 3.63) is 95.0 Å². The van der Waals surface area contributed by atoms with E-state index in [2.05, 4.69) is 15.3 Å². The van der Waals surface area contributed by atoms with Crippen molar-refractivity contribution in [3.63, 3.8) is 0 Å². The van der Waals surface area contributed by atoms with Gasteiger partial charge in [0, 0.05) is 49.1 Å². The van der Waals surface area contributed by atoms with Gasteiger partial charge in [0.05, 0.1) is 24.9 Å². The molecule has 1 fully saturated rings. The Bertz CT molecular complexity index is 1520. The van der Waals surface area contributed by atoms with Crippen LogP contribution in [0.3, 0.4) is 0 Å². The summed E-state index contributed by atoms with van der Waals surface area (Å²) in [6, 6.07) is 13.5. The summed E-state index contributed by atoms with van der Waals surface area (Å²) in [4.78, 5) is 62.4. The van der Waals surface area contributed by atoms with Crippen LogP contribution in [0.2, 0.25) is 5.02 Å². The molecule has 13 heteroatoms. The third kappa shape index (κ3) is 9.20. The minimum absolute atomic E-state index is 0.00439. The number of nitrogens with zero attached hydrogens (tertiary/aromatic N) is 3. The summed E-state index contributed by atoms with van der Waals surface area (Å²) >= 11 is 6.17. The number of benzene rings is 2. The zero-order valence-corrected chi connectivity index (χ0v) is 26.0. The van der Waals surface area contributed by atoms with Gasteiger partial charge in [0.1, 0.15) is 11.7 Å². The van der Waals surface area contributed by atoms with E-state index < -0.39 is 66.0 Å². The maximum Gasteiger partial charge on any atom is 0.450 e. The molecule has 1 aliphatic rings. The predicted octanol–water partition coefficient (Wildman–Crippen LogP) is 5.02. The Balaban J connectivity index is 1.63. The second-order valence-electron chi connectivity index (χ2n) is 11.5. The summed E-state index contributed by atoms with van der Waals surface area (Å²) in [5.41, 5.74) is 1.41. The van der Waals surface area contributed by atoms with Crippen LogP contribution in [-0.2, 0) is 32.1 Å². The third-order valence-electron chi connectivity index (χ3n) is 7.82. The van der Waals surface area contributed by atoms with Gasteiger partial charge >= 0.3 is 6.18 Å². The lowest BCUT2D eigenvalue weighted by atomic mass is 9.84. The molecule has 2 aromatic carbocycles. The van der Waals surface area contributed by atoms with Gasteiger partial charge in [-0.15, -0.1) is 0 Å². The maximum atomic E-state index is 14.2. The van der Waals surface area contributed by atoms with Crippen LogP contribution < -0.4 is 5.32 Å². The first-order chi connectivity index (χ1) is 21.8. The number of ketones is 2. The molecule has 0 saturated carbocycles. The van der Waals surface area contributed by atoms with Crippen molar-refractivity contribution in [2.45, 2.75) is 64.1 Å². The van der Waals surface area contributed by atoms with Gasteiger partial charge in [0.15, 0.2) is 5.78 Å². The quantitative estimate of drug-likeness (QED) is 0.274. The van der Waals surface area contributed by atoms with E-state index in [0.29, 0.717) is 10.6 Å². The Morgan fingerprint density at radius 2 is 1.76 bits per heavy atom. The number of carbonyl (C=O) groups is 4. The first-order valence-corrected chi connectivity index (χ1v) is 15.1. The minimum Gasteiger partial charge on any atom is -0.372 e. The highest BCUT2D eigenvalue weighted by Gasteiger charge is 2.48. The van der Waals surface area contributed by atoms with E-state index in [1.54, 1.807) is 24.3 Å². The summed E-state index contributed by atoms with van der Waals surface area (Å²) in [6.07, 6.45) is -2.54. The van der Waals surface area contributed by atoms with Crippen molar-refractivity contribution in [1.82, 2.24) is 20.2 Å². The zero-order chi connectivity index (χ0) is 33.4. The number of alkyl halides is 3. The number of rotatable bonds is 13. The molecule has 0 spiro atoms. The Labute approximate surface area is 269 Å². The van der Waals surface area contributed by atoms with Gasteiger partial charge in [0.2, 0.25) is 11.7 Å². The van der Waals surface area contributed by atoms with E-state index in [1.165, 1.54) is 37.3 Å². The average Bonchev–Trinajstić information content (AvgIpc) is 3.46. The molecule has 1 aromatic heterocycles. The third-order valence-corrected chi connectivity index (χ3v) is 8.05. The molecule has 2 heterocycles. The largest absolute Gasteiger partial charge is 0.450 e. The van der Waals surface area contributed by atoms with Crippen LogP contribution in [0, 0.1) is 11.8 Å². The van der Waals surface area contributed by atoms with Crippen LogP contribution >= 0.6 is 11.6 Å². The fourth-order valence-corrected chi connectivity index (χ4v) is 5.61. The second kappa shape index (κ2) is 15.4. The smallest absolute Gasteiger partial charge is 0.372 e. The van der Waals surface area contributed by atoms with Crippen LogP contribution in [0.1, 0.15) is 48.3 Å². The van der Waals surface area contributed by atoms with E-state index in [9.17, 15) is 32.3 Å². The van der Waals surface area contributed by atoms with Crippen LogP contribution in [0.15, 0.2) is 73.2 Å². The maximum absolute atomic E-state index is 14.2. The highest BCUT2D eigenvalue weighted by atomic mass is 35.5. The van der Waals surface area contributed by atoms with Crippen molar-refractivity contribution < 1.29 is 37.1 Å². The van der Waals surface area contributed by atoms with Crippen molar-refractivity contribution in [2.24, 2.45) is 11.8 Å². The number of carbonyl (C=O) groups excluding carboxylic acids is 4. The number of likely N-dealkylation sites (tertiary alicyclic amines) is 1. The molecule has 244 valence electrons. The summed E-state index contributed by atoms with van der Waals surface area (Å²) < 4.78 is 46.3. The summed E-state index contributed by atoms with van der Waals surface area (Å²) in [5, 5.41) is 3.08. The van der Waals surface area contributed by atoms with Crippen molar-refractivity contribution in [3.8, 4) is 0 Å². The van der Waals surface area contributed by atoms with Gasteiger partial charge in [0.25, 0.3) is 5.91 Å². The first-order valence-electron chi connectivity index (χ1n) is 14.7. The summed E-state index contributed by atoms with van der Waals surface area (Å²) in [6.45, 7) is 2.99. The normalized spacial score (nSPS) is 17.8. The van der Waals surface area contributed by atoms with Gasteiger partial charge < -0.3 is 15.0 Å². The predicted molar refractivity (Wildman–Crippen MR) is 163 cm³/mol. The number of nitrogens with one attached hydrogen (secondary N) is 1. The molecule has 4 atom stereocenters. The average molecular weight is 659 g/mol. The molecule has 9 nitrogen and oxygen atoms in total. The molecule has 1 aliphatic heterocycles. The highest BCUT2D eigenvalue weighted by molar-refractivity contribution is 6.30. The van der Waals surface area contributed by atoms with Gasteiger partial charge in [-0.2, -0.15) is 13.2 Å². The number of amides is 2. The van der Waals surface area contributed by atoms with E-state index in [1.807, 2.05) is 30.3 Å². The standard InChI is InChI=1S/C33H34ClF3N4O5/c1-20(2)25(30(43)33(35,36)37)16-29(42)28-15-24(46-19-21-7-4-3-5-8-21)18-41(28)32(45)26(14-22-9-6-10-23(34)13-22)40-31(44)27-17-38-11-12-39-27/h3-13,17,20,24-26,28H,14-16,18-19H2,1-2H3,(H,40,44)/t24-,25+,26+,28+/m1/s1. The van der Waals surface area contributed by atoms with E-state index in [0.717, 1.165) is 5.56 Å².